The molecule has 0 aliphatic rings. The molecule has 0 aliphatic heterocycles. The number of halogens is 3. The van der Waals surface area contributed by atoms with Gasteiger partial charge in [-0.1, -0.05) is 6.07 Å². The Kier molecular flexibility index (Phi) is 5.72. The number of anilines is 1. The predicted octanol–water partition coefficient (Wildman–Crippen LogP) is 3.24. The van der Waals surface area contributed by atoms with Crippen molar-refractivity contribution in [3.05, 3.63) is 59.2 Å². The molecule has 2 rings (SSSR count). The van der Waals surface area contributed by atoms with Crippen molar-refractivity contribution in [2.24, 2.45) is 0 Å². The van der Waals surface area contributed by atoms with Crippen LogP contribution in [0.5, 0.6) is 0 Å². The van der Waals surface area contributed by atoms with Crippen molar-refractivity contribution >= 4 is 21.6 Å². The third-order valence-electron chi connectivity index (χ3n) is 3.71. The van der Waals surface area contributed by atoms with Crippen molar-refractivity contribution in [3.8, 4) is 0 Å². The molecule has 2 aromatic rings. The highest BCUT2D eigenvalue weighted by molar-refractivity contribution is 7.89. The maximum atomic E-state index is 12.5. The Hall–Kier alpha value is -2.39. The van der Waals surface area contributed by atoms with Crippen LogP contribution >= 0.6 is 0 Å². The molecule has 2 N–H and O–H groups in total. The number of benzene rings is 2. The zero-order chi connectivity index (χ0) is 19.5. The van der Waals surface area contributed by atoms with E-state index < -0.39 is 34.2 Å². The summed E-state index contributed by atoms with van der Waals surface area (Å²) in [5, 5.41) is 2.33. The third-order valence-corrected chi connectivity index (χ3v) is 5.11. The maximum absolute atomic E-state index is 12.5. The minimum absolute atomic E-state index is 0.0305. The van der Waals surface area contributed by atoms with Gasteiger partial charge in [0.1, 0.15) is 0 Å². The summed E-state index contributed by atoms with van der Waals surface area (Å²) in [4.78, 5) is 11.9. The van der Waals surface area contributed by atoms with Gasteiger partial charge in [0, 0.05) is 5.69 Å². The molecule has 0 unspecified atom stereocenters. The molecule has 0 saturated carbocycles. The summed E-state index contributed by atoms with van der Waals surface area (Å²) in [5.41, 5.74) is 1.02. The molecule has 26 heavy (non-hydrogen) atoms. The molecule has 0 aromatic heterocycles. The van der Waals surface area contributed by atoms with Crippen LogP contribution < -0.4 is 10.0 Å². The molecule has 1 amide bonds. The topological polar surface area (TPSA) is 75.3 Å². The van der Waals surface area contributed by atoms with Crippen LogP contribution in [0.3, 0.4) is 0 Å². The first-order valence-corrected chi connectivity index (χ1v) is 9.01. The summed E-state index contributed by atoms with van der Waals surface area (Å²) in [7, 11) is -3.87. The molecule has 2 aromatic carbocycles. The number of nitrogens with one attached hydrogen (secondary N) is 2. The Morgan fingerprint density at radius 2 is 1.62 bits per heavy atom. The smallest absolute Gasteiger partial charge is 0.325 e. The van der Waals surface area contributed by atoms with Gasteiger partial charge < -0.3 is 5.32 Å². The zero-order valence-electron chi connectivity index (χ0n) is 14.0. The van der Waals surface area contributed by atoms with E-state index >= 15 is 0 Å². The predicted molar refractivity (Wildman–Crippen MR) is 91.2 cm³/mol. The number of hydrogen-bond donors (Lipinski definition) is 2. The Bertz CT molecular complexity index is 908. The number of aryl methyl sites for hydroxylation is 2. The van der Waals surface area contributed by atoms with Crippen molar-refractivity contribution in [2.75, 3.05) is 11.9 Å². The summed E-state index contributed by atoms with van der Waals surface area (Å²) < 4.78 is 64.0. The first-order valence-electron chi connectivity index (χ1n) is 7.53. The molecule has 0 heterocycles. The summed E-state index contributed by atoms with van der Waals surface area (Å²) in [6.45, 7) is 3.07. The highest BCUT2D eigenvalue weighted by Crippen LogP contribution is 2.29. The number of carbonyl (C=O) groups excluding carboxylic acids is 1. The molecule has 0 fully saturated rings. The van der Waals surface area contributed by atoms with Gasteiger partial charge in [-0.25, -0.2) is 13.1 Å². The van der Waals surface area contributed by atoms with E-state index in [0.29, 0.717) is 0 Å². The molecule has 5 nitrogen and oxygen atoms in total. The van der Waals surface area contributed by atoms with E-state index in [1.165, 1.54) is 12.1 Å². The van der Waals surface area contributed by atoms with Gasteiger partial charge in [0.25, 0.3) is 0 Å². The van der Waals surface area contributed by atoms with E-state index in [9.17, 15) is 26.4 Å². The lowest BCUT2D eigenvalue weighted by Gasteiger charge is -2.10. The number of hydrogen-bond acceptors (Lipinski definition) is 3. The monoisotopic (exact) mass is 386 g/mol. The zero-order valence-corrected chi connectivity index (χ0v) is 14.8. The SMILES string of the molecule is Cc1ccc(S(=O)(=O)NCC(=O)Nc2ccc(C(F)(F)F)cc2)cc1C. The lowest BCUT2D eigenvalue weighted by molar-refractivity contribution is -0.137. The first-order chi connectivity index (χ1) is 12.0. The molecular formula is C17H17F3N2O3S. The van der Waals surface area contributed by atoms with E-state index in [1.54, 1.807) is 13.0 Å². The quantitative estimate of drug-likeness (QED) is 0.828. The van der Waals surface area contributed by atoms with Crippen LogP contribution in [0, 0.1) is 13.8 Å². The molecule has 9 heteroatoms. The molecule has 0 saturated heterocycles. The molecule has 0 radical (unpaired) electrons. The van der Waals surface area contributed by atoms with Gasteiger partial charge in [-0.2, -0.15) is 13.2 Å². The summed E-state index contributed by atoms with van der Waals surface area (Å²) in [6.07, 6.45) is -4.47. The fourth-order valence-electron chi connectivity index (χ4n) is 2.07. The highest BCUT2D eigenvalue weighted by Gasteiger charge is 2.30. The second kappa shape index (κ2) is 7.46. The Labute approximate surface area is 149 Å². The van der Waals surface area contributed by atoms with E-state index in [4.69, 9.17) is 0 Å². The van der Waals surface area contributed by atoms with Crippen LogP contribution in [0.15, 0.2) is 47.4 Å². The van der Waals surface area contributed by atoms with Gasteiger partial charge in [-0.05, 0) is 61.4 Å². The van der Waals surface area contributed by atoms with Gasteiger partial charge in [-0.15, -0.1) is 0 Å². The van der Waals surface area contributed by atoms with E-state index in [0.717, 1.165) is 35.4 Å². The van der Waals surface area contributed by atoms with Crippen LogP contribution in [0.4, 0.5) is 18.9 Å². The third kappa shape index (κ3) is 5.06. The molecule has 0 spiro atoms. The first kappa shape index (κ1) is 19.9. The number of sulfonamides is 1. The van der Waals surface area contributed by atoms with Gasteiger partial charge in [-0.3, -0.25) is 4.79 Å². The second-order valence-electron chi connectivity index (χ2n) is 5.69. The fourth-order valence-corrected chi connectivity index (χ4v) is 3.14. The van der Waals surface area contributed by atoms with Crippen LogP contribution in [0.2, 0.25) is 0 Å². The Morgan fingerprint density at radius 1 is 1.00 bits per heavy atom. The van der Waals surface area contributed by atoms with Crippen LogP contribution in [-0.4, -0.2) is 20.9 Å². The number of carbonyl (C=O) groups is 1. The highest BCUT2D eigenvalue weighted by atomic mass is 32.2. The van der Waals surface area contributed by atoms with Gasteiger partial charge in [0.05, 0.1) is 17.0 Å². The molecular weight excluding hydrogens is 369 g/mol. The lowest BCUT2D eigenvalue weighted by atomic mass is 10.1. The Balaban J connectivity index is 1.98. The van der Waals surface area contributed by atoms with Crippen molar-refractivity contribution in [1.82, 2.24) is 4.72 Å². The van der Waals surface area contributed by atoms with Gasteiger partial charge in [0.15, 0.2) is 0 Å². The van der Waals surface area contributed by atoms with E-state index in [2.05, 4.69) is 10.0 Å². The average molecular weight is 386 g/mol. The van der Waals surface area contributed by atoms with Crippen molar-refractivity contribution in [3.63, 3.8) is 0 Å². The minimum Gasteiger partial charge on any atom is -0.325 e. The summed E-state index contributed by atoms with van der Waals surface area (Å²) in [5.74, 6) is -0.697. The van der Waals surface area contributed by atoms with Gasteiger partial charge in [0.2, 0.25) is 15.9 Å². The standard InChI is InChI=1S/C17H17F3N2O3S/c1-11-3-8-15(9-12(11)2)26(24,25)21-10-16(23)22-14-6-4-13(5-7-14)17(18,19)20/h3-9,21H,10H2,1-2H3,(H,22,23). The Morgan fingerprint density at radius 3 is 2.15 bits per heavy atom. The number of amides is 1. The molecule has 140 valence electrons. The second-order valence-corrected chi connectivity index (χ2v) is 7.46. The number of rotatable bonds is 5. The normalized spacial score (nSPS) is 12.0. The molecule has 0 aliphatic carbocycles. The van der Waals surface area contributed by atoms with Crippen LogP contribution in [-0.2, 0) is 21.0 Å². The van der Waals surface area contributed by atoms with Crippen LogP contribution in [0.25, 0.3) is 0 Å². The van der Waals surface area contributed by atoms with Crippen molar-refractivity contribution < 1.29 is 26.4 Å². The van der Waals surface area contributed by atoms with E-state index in [1.807, 2.05) is 6.92 Å². The number of alkyl halides is 3. The van der Waals surface area contributed by atoms with E-state index in [-0.39, 0.29) is 10.6 Å². The van der Waals surface area contributed by atoms with Gasteiger partial charge >= 0.3 is 6.18 Å². The summed E-state index contributed by atoms with van der Waals surface area (Å²) >= 11 is 0. The summed E-state index contributed by atoms with van der Waals surface area (Å²) in [6, 6.07) is 8.43. The van der Waals surface area contributed by atoms with Crippen molar-refractivity contribution in [2.45, 2.75) is 24.9 Å². The lowest BCUT2D eigenvalue weighted by Crippen LogP contribution is -2.33. The largest absolute Gasteiger partial charge is 0.416 e. The minimum atomic E-state index is -4.47. The molecule has 0 bridgehead atoms. The molecule has 0 atom stereocenters. The maximum Gasteiger partial charge on any atom is 0.416 e. The average Bonchev–Trinajstić information content (AvgIpc) is 2.55. The van der Waals surface area contributed by atoms with Crippen LogP contribution in [0.1, 0.15) is 16.7 Å². The fraction of sp³-hybridized carbons (Fsp3) is 0.235. The van der Waals surface area contributed by atoms with Crippen molar-refractivity contribution in [1.29, 1.82) is 0 Å².